The molecule has 0 saturated heterocycles. The van der Waals surface area contributed by atoms with Crippen LogP contribution in [0.1, 0.15) is 37.0 Å². The van der Waals surface area contributed by atoms with Gasteiger partial charge in [-0.25, -0.2) is 4.79 Å². The summed E-state index contributed by atoms with van der Waals surface area (Å²) in [6.07, 6.45) is -0.488. The van der Waals surface area contributed by atoms with Crippen LogP contribution >= 0.6 is 0 Å². The molecule has 1 atom stereocenters. The van der Waals surface area contributed by atoms with Gasteiger partial charge in [-0.1, -0.05) is 0 Å². The Morgan fingerprint density at radius 3 is 2.14 bits per heavy atom. The van der Waals surface area contributed by atoms with E-state index < -0.39 is 23.9 Å². The van der Waals surface area contributed by atoms with Crippen LogP contribution in [0.3, 0.4) is 0 Å². The van der Waals surface area contributed by atoms with Crippen LogP contribution in [-0.2, 0) is 9.59 Å². The molecule has 7 heteroatoms. The minimum Gasteiger partial charge on any atom is -0.481 e. The topological polar surface area (TPSA) is 116 Å². The lowest BCUT2D eigenvalue weighted by Gasteiger charge is -2.14. The molecule has 0 heterocycles. The molecule has 1 amide bonds. The van der Waals surface area contributed by atoms with E-state index >= 15 is 0 Å². The zero-order valence-electron chi connectivity index (χ0n) is 12.5. The molecule has 0 spiro atoms. The predicted molar refractivity (Wildman–Crippen MR) is 81.0 cm³/mol. The number of carbonyl (C=O) groups excluding carboxylic acids is 1. The summed E-state index contributed by atoms with van der Waals surface area (Å²) in [7, 11) is 0. The van der Waals surface area contributed by atoms with Gasteiger partial charge in [-0.05, 0) is 44.5 Å². The highest BCUT2D eigenvalue weighted by molar-refractivity contribution is 5.96. The lowest BCUT2D eigenvalue weighted by molar-refractivity contribution is -0.140. The standard InChI is InChI=1S/C15H20N2O5/c1-9(2)16-11-5-3-10(4-6-11)14(20)17-12(15(21)22)7-8-13(18)19/h3-6,9,12,16H,7-8H2,1-2H3,(H,17,20)(H,18,19)(H,21,22). The van der Waals surface area contributed by atoms with Crippen LogP contribution in [0.5, 0.6) is 0 Å². The van der Waals surface area contributed by atoms with Crippen LogP contribution < -0.4 is 10.6 Å². The van der Waals surface area contributed by atoms with Crippen LogP contribution in [-0.4, -0.2) is 40.1 Å². The molecule has 1 aromatic rings. The van der Waals surface area contributed by atoms with E-state index in [0.717, 1.165) is 5.69 Å². The molecule has 0 bridgehead atoms. The van der Waals surface area contributed by atoms with E-state index in [4.69, 9.17) is 10.2 Å². The molecule has 0 aliphatic carbocycles. The molecule has 1 aromatic carbocycles. The van der Waals surface area contributed by atoms with Crippen LogP contribution in [0.2, 0.25) is 0 Å². The third-order valence-corrected chi connectivity index (χ3v) is 2.85. The fourth-order valence-electron chi connectivity index (χ4n) is 1.82. The molecule has 0 radical (unpaired) electrons. The molecule has 22 heavy (non-hydrogen) atoms. The fourth-order valence-corrected chi connectivity index (χ4v) is 1.82. The summed E-state index contributed by atoms with van der Waals surface area (Å²) in [5.74, 6) is -2.91. The van der Waals surface area contributed by atoms with E-state index in [9.17, 15) is 14.4 Å². The monoisotopic (exact) mass is 308 g/mol. The first-order chi connectivity index (χ1) is 10.3. The fraction of sp³-hybridized carbons (Fsp3) is 0.400. The number of benzene rings is 1. The number of amides is 1. The van der Waals surface area contributed by atoms with Crippen molar-refractivity contribution in [1.82, 2.24) is 5.32 Å². The highest BCUT2D eigenvalue weighted by Crippen LogP contribution is 2.11. The van der Waals surface area contributed by atoms with E-state index in [2.05, 4.69) is 10.6 Å². The quantitative estimate of drug-likeness (QED) is 0.579. The van der Waals surface area contributed by atoms with Crippen LogP contribution in [0.25, 0.3) is 0 Å². The first kappa shape index (κ1) is 17.5. The molecule has 0 saturated carbocycles. The van der Waals surface area contributed by atoms with Gasteiger partial charge >= 0.3 is 11.9 Å². The van der Waals surface area contributed by atoms with Crippen LogP contribution in [0.4, 0.5) is 5.69 Å². The highest BCUT2D eigenvalue weighted by atomic mass is 16.4. The lowest BCUT2D eigenvalue weighted by atomic mass is 10.1. The Balaban J connectivity index is 2.69. The largest absolute Gasteiger partial charge is 0.481 e. The Kier molecular flexibility index (Phi) is 6.37. The summed E-state index contributed by atoms with van der Waals surface area (Å²) in [4.78, 5) is 33.5. The van der Waals surface area contributed by atoms with Gasteiger partial charge in [-0.15, -0.1) is 0 Å². The number of hydrogen-bond acceptors (Lipinski definition) is 4. The molecular formula is C15H20N2O5. The number of nitrogens with one attached hydrogen (secondary N) is 2. The van der Waals surface area contributed by atoms with Crippen molar-refractivity contribution in [2.24, 2.45) is 0 Å². The molecule has 0 aliphatic rings. The number of aliphatic carboxylic acids is 2. The highest BCUT2D eigenvalue weighted by Gasteiger charge is 2.21. The maximum Gasteiger partial charge on any atom is 0.326 e. The van der Waals surface area contributed by atoms with E-state index in [-0.39, 0.29) is 18.9 Å². The van der Waals surface area contributed by atoms with Gasteiger partial charge in [0.25, 0.3) is 5.91 Å². The van der Waals surface area contributed by atoms with E-state index in [1.165, 1.54) is 0 Å². The first-order valence-corrected chi connectivity index (χ1v) is 6.91. The minimum atomic E-state index is -1.26. The third kappa shape index (κ3) is 5.82. The Labute approximate surface area is 128 Å². The van der Waals surface area contributed by atoms with E-state index in [0.29, 0.717) is 5.56 Å². The second kappa shape index (κ2) is 8.02. The van der Waals surface area contributed by atoms with Crippen molar-refractivity contribution in [3.05, 3.63) is 29.8 Å². The SMILES string of the molecule is CC(C)Nc1ccc(C(=O)NC(CCC(=O)O)C(=O)O)cc1. The number of carbonyl (C=O) groups is 3. The predicted octanol–water partition coefficient (Wildman–Crippen LogP) is 1.55. The average molecular weight is 308 g/mol. The Morgan fingerprint density at radius 1 is 1.09 bits per heavy atom. The molecule has 1 rings (SSSR count). The second-order valence-corrected chi connectivity index (χ2v) is 5.17. The van der Waals surface area contributed by atoms with Gasteiger partial charge in [0.05, 0.1) is 0 Å². The first-order valence-electron chi connectivity index (χ1n) is 6.91. The van der Waals surface area contributed by atoms with Crippen molar-refractivity contribution in [3.8, 4) is 0 Å². The van der Waals surface area contributed by atoms with Gasteiger partial charge in [0.1, 0.15) is 6.04 Å². The lowest BCUT2D eigenvalue weighted by Crippen LogP contribution is -2.41. The second-order valence-electron chi connectivity index (χ2n) is 5.17. The molecule has 120 valence electrons. The summed E-state index contributed by atoms with van der Waals surface area (Å²) in [6, 6.07) is 5.64. The molecule has 4 N–H and O–H groups in total. The van der Waals surface area contributed by atoms with Gasteiger partial charge < -0.3 is 20.8 Å². The molecule has 0 aliphatic heterocycles. The molecule has 0 aromatic heterocycles. The smallest absolute Gasteiger partial charge is 0.326 e. The van der Waals surface area contributed by atoms with Crippen molar-refractivity contribution in [2.45, 2.75) is 38.8 Å². The summed E-state index contributed by atoms with van der Waals surface area (Å²) in [5, 5.41) is 23.1. The molecule has 0 fully saturated rings. The number of rotatable bonds is 8. The Morgan fingerprint density at radius 2 is 1.68 bits per heavy atom. The van der Waals surface area contributed by atoms with Crippen molar-refractivity contribution in [1.29, 1.82) is 0 Å². The zero-order chi connectivity index (χ0) is 16.7. The summed E-state index contributed by atoms with van der Waals surface area (Å²) in [5.41, 5.74) is 1.17. The zero-order valence-corrected chi connectivity index (χ0v) is 12.5. The maximum absolute atomic E-state index is 12.0. The Bertz CT molecular complexity index is 539. The number of anilines is 1. The molecule has 7 nitrogen and oxygen atoms in total. The summed E-state index contributed by atoms with van der Waals surface area (Å²) < 4.78 is 0. The van der Waals surface area contributed by atoms with Crippen LogP contribution in [0.15, 0.2) is 24.3 Å². The van der Waals surface area contributed by atoms with Gasteiger partial charge in [-0.3, -0.25) is 9.59 Å². The minimum absolute atomic E-state index is 0.163. The van der Waals surface area contributed by atoms with Crippen molar-refractivity contribution >= 4 is 23.5 Å². The van der Waals surface area contributed by atoms with Crippen LogP contribution in [0, 0.1) is 0 Å². The van der Waals surface area contributed by atoms with E-state index in [1.807, 2.05) is 13.8 Å². The van der Waals surface area contributed by atoms with Crippen molar-refractivity contribution in [2.75, 3.05) is 5.32 Å². The van der Waals surface area contributed by atoms with Gasteiger partial charge in [-0.2, -0.15) is 0 Å². The average Bonchev–Trinajstić information content (AvgIpc) is 2.42. The van der Waals surface area contributed by atoms with Crippen molar-refractivity contribution in [3.63, 3.8) is 0 Å². The number of carboxylic acids is 2. The van der Waals surface area contributed by atoms with Crippen molar-refractivity contribution < 1.29 is 24.6 Å². The summed E-state index contributed by atoms with van der Waals surface area (Å²) in [6.45, 7) is 3.97. The van der Waals surface area contributed by atoms with Gasteiger partial charge in [0.2, 0.25) is 0 Å². The normalized spacial score (nSPS) is 11.8. The number of carboxylic acid groups (broad SMARTS) is 2. The number of hydrogen-bond donors (Lipinski definition) is 4. The maximum atomic E-state index is 12.0. The molecule has 1 unspecified atom stereocenters. The van der Waals surface area contributed by atoms with Gasteiger partial charge in [0, 0.05) is 23.7 Å². The third-order valence-electron chi connectivity index (χ3n) is 2.85. The Hall–Kier alpha value is -2.57. The van der Waals surface area contributed by atoms with E-state index in [1.54, 1.807) is 24.3 Å². The molecular weight excluding hydrogens is 288 g/mol. The van der Waals surface area contributed by atoms with Gasteiger partial charge in [0.15, 0.2) is 0 Å². The summed E-state index contributed by atoms with van der Waals surface area (Å²) >= 11 is 0.